The van der Waals surface area contributed by atoms with Crippen molar-refractivity contribution in [2.75, 3.05) is 19.0 Å². The first-order valence-electron chi connectivity index (χ1n) is 10.9. The Kier molecular flexibility index (Phi) is 6.80. The Morgan fingerprint density at radius 2 is 1.80 bits per heavy atom. The van der Waals surface area contributed by atoms with Gasteiger partial charge in [0.2, 0.25) is 0 Å². The summed E-state index contributed by atoms with van der Waals surface area (Å²) in [6.07, 6.45) is 0. The zero-order valence-corrected chi connectivity index (χ0v) is 20.6. The third kappa shape index (κ3) is 4.46. The fourth-order valence-electron chi connectivity index (χ4n) is 3.92. The summed E-state index contributed by atoms with van der Waals surface area (Å²) in [6.45, 7) is 5.46. The summed E-state index contributed by atoms with van der Waals surface area (Å²) in [5.74, 6) is -0.178. The van der Waals surface area contributed by atoms with Gasteiger partial charge in [-0.3, -0.25) is 4.79 Å². The first-order chi connectivity index (χ1) is 16.9. The van der Waals surface area contributed by atoms with Gasteiger partial charge in [-0.15, -0.1) is 11.3 Å². The third-order valence-electron chi connectivity index (χ3n) is 5.67. The van der Waals surface area contributed by atoms with Gasteiger partial charge in [0.25, 0.3) is 5.91 Å². The number of methoxy groups -OCH3 is 1. The fourth-order valence-corrected chi connectivity index (χ4v) is 4.97. The van der Waals surface area contributed by atoms with Crippen molar-refractivity contribution in [3.8, 4) is 23.1 Å². The van der Waals surface area contributed by atoms with Crippen LogP contribution in [0.1, 0.15) is 43.6 Å². The van der Waals surface area contributed by atoms with E-state index in [-0.39, 0.29) is 18.1 Å². The molecule has 0 saturated carbocycles. The Morgan fingerprint density at radius 1 is 1.09 bits per heavy atom. The molecular weight excluding hydrogens is 462 g/mol. The number of amides is 1. The SMILES string of the molecule is CCOC(=O)c1sc(NC(=O)c2c(C)c(-c3ccc(OC)cc3)nc3ccccc23)c(C#N)c1C. The van der Waals surface area contributed by atoms with E-state index in [0.29, 0.717) is 43.2 Å². The molecule has 4 aromatic rings. The highest BCUT2D eigenvalue weighted by Gasteiger charge is 2.25. The highest BCUT2D eigenvalue weighted by atomic mass is 32.1. The van der Waals surface area contributed by atoms with Crippen LogP contribution < -0.4 is 10.1 Å². The summed E-state index contributed by atoms with van der Waals surface area (Å²) in [5, 5.41) is 13.6. The van der Waals surface area contributed by atoms with Crippen molar-refractivity contribution >= 4 is 39.1 Å². The minimum absolute atomic E-state index is 0.218. The maximum Gasteiger partial charge on any atom is 0.348 e. The molecule has 0 spiro atoms. The summed E-state index contributed by atoms with van der Waals surface area (Å²) in [4.78, 5) is 31.1. The van der Waals surface area contributed by atoms with Crippen molar-refractivity contribution in [2.24, 2.45) is 0 Å². The maximum absolute atomic E-state index is 13.6. The van der Waals surface area contributed by atoms with E-state index in [1.165, 1.54) is 0 Å². The number of hydrogen-bond donors (Lipinski definition) is 1. The second-order valence-electron chi connectivity index (χ2n) is 7.75. The topological polar surface area (TPSA) is 101 Å². The van der Waals surface area contributed by atoms with Crippen molar-refractivity contribution in [2.45, 2.75) is 20.8 Å². The predicted octanol–water partition coefficient (Wildman–Crippen LogP) is 5.89. The molecule has 7 nitrogen and oxygen atoms in total. The largest absolute Gasteiger partial charge is 0.497 e. The van der Waals surface area contributed by atoms with Crippen LogP contribution >= 0.6 is 11.3 Å². The standard InChI is InChI=1S/C27H23N3O4S/c1-5-34-27(32)24-15(2)20(14-28)26(35-24)30-25(31)22-16(3)23(17-10-12-18(33-4)13-11-17)29-21-9-7-6-8-19(21)22/h6-13H,5H2,1-4H3,(H,30,31). The first-order valence-corrected chi connectivity index (χ1v) is 11.8. The van der Waals surface area contributed by atoms with Crippen LogP contribution in [0.15, 0.2) is 48.5 Å². The molecule has 0 saturated heterocycles. The van der Waals surface area contributed by atoms with Crippen LogP contribution in [0, 0.1) is 25.2 Å². The minimum atomic E-state index is -0.515. The van der Waals surface area contributed by atoms with Crippen LogP contribution in [0.25, 0.3) is 22.2 Å². The molecule has 8 heteroatoms. The Bertz CT molecular complexity index is 1480. The van der Waals surface area contributed by atoms with Gasteiger partial charge in [-0.05, 0) is 62.2 Å². The zero-order chi connectivity index (χ0) is 25.1. The van der Waals surface area contributed by atoms with E-state index in [9.17, 15) is 14.9 Å². The van der Waals surface area contributed by atoms with Crippen LogP contribution in [0.4, 0.5) is 5.00 Å². The van der Waals surface area contributed by atoms with Crippen molar-refractivity contribution in [1.29, 1.82) is 5.26 Å². The van der Waals surface area contributed by atoms with E-state index < -0.39 is 5.97 Å². The molecular formula is C27H23N3O4S. The molecule has 1 N–H and O–H groups in total. The third-order valence-corrected chi connectivity index (χ3v) is 6.86. The number of nitriles is 1. The Hall–Kier alpha value is -4.22. The van der Waals surface area contributed by atoms with Crippen molar-refractivity contribution in [3.63, 3.8) is 0 Å². The number of hydrogen-bond acceptors (Lipinski definition) is 7. The number of fused-ring (bicyclic) bond motifs is 1. The summed E-state index contributed by atoms with van der Waals surface area (Å²) in [5.41, 5.74) is 4.07. The number of nitrogens with one attached hydrogen (secondary N) is 1. The molecule has 0 radical (unpaired) electrons. The smallest absolute Gasteiger partial charge is 0.348 e. The molecule has 0 aliphatic heterocycles. The van der Waals surface area contributed by atoms with Crippen LogP contribution in [0.5, 0.6) is 5.75 Å². The van der Waals surface area contributed by atoms with E-state index in [1.807, 2.05) is 55.5 Å². The summed E-state index contributed by atoms with van der Waals surface area (Å²) in [6, 6.07) is 17.0. The number of ether oxygens (including phenoxy) is 2. The summed E-state index contributed by atoms with van der Waals surface area (Å²) < 4.78 is 10.4. The number of benzene rings is 2. The van der Waals surface area contributed by atoms with E-state index in [4.69, 9.17) is 14.5 Å². The van der Waals surface area contributed by atoms with Gasteiger partial charge in [0, 0.05) is 10.9 Å². The van der Waals surface area contributed by atoms with E-state index >= 15 is 0 Å². The Balaban J connectivity index is 1.82. The number of rotatable bonds is 6. The molecule has 0 unspecified atom stereocenters. The number of carbonyl (C=O) groups is 2. The average molecular weight is 486 g/mol. The lowest BCUT2D eigenvalue weighted by molar-refractivity contribution is 0.0531. The van der Waals surface area contributed by atoms with Crippen LogP contribution in [-0.4, -0.2) is 30.6 Å². The average Bonchev–Trinajstić information content (AvgIpc) is 3.18. The molecule has 176 valence electrons. The first kappa shape index (κ1) is 23.9. The lowest BCUT2D eigenvalue weighted by Crippen LogP contribution is -2.15. The summed E-state index contributed by atoms with van der Waals surface area (Å²) in [7, 11) is 1.60. The fraction of sp³-hybridized carbons (Fsp3) is 0.185. The molecule has 0 fully saturated rings. The molecule has 0 aliphatic rings. The van der Waals surface area contributed by atoms with Crippen LogP contribution in [0.2, 0.25) is 0 Å². The highest BCUT2D eigenvalue weighted by molar-refractivity contribution is 7.18. The van der Waals surface area contributed by atoms with Crippen molar-refractivity contribution < 1.29 is 19.1 Å². The second kappa shape index (κ2) is 9.95. The molecule has 4 rings (SSSR count). The minimum Gasteiger partial charge on any atom is -0.497 e. The van der Waals surface area contributed by atoms with Gasteiger partial charge in [0.15, 0.2) is 0 Å². The van der Waals surface area contributed by atoms with Gasteiger partial charge in [-0.2, -0.15) is 5.26 Å². The number of esters is 1. The molecule has 2 aromatic carbocycles. The predicted molar refractivity (Wildman–Crippen MR) is 136 cm³/mol. The number of para-hydroxylation sites is 1. The molecule has 35 heavy (non-hydrogen) atoms. The number of carbonyl (C=O) groups excluding carboxylic acids is 2. The van der Waals surface area contributed by atoms with Crippen molar-refractivity contribution in [1.82, 2.24) is 4.98 Å². The number of nitrogens with zero attached hydrogens (tertiary/aromatic N) is 2. The van der Waals surface area contributed by atoms with E-state index in [1.54, 1.807) is 21.0 Å². The zero-order valence-electron chi connectivity index (χ0n) is 19.8. The lowest BCUT2D eigenvalue weighted by atomic mass is 9.97. The molecule has 2 aromatic heterocycles. The number of pyridine rings is 1. The Labute approximate surface area is 206 Å². The quantitative estimate of drug-likeness (QED) is 0.342. The number of thiophene rings is 1. The van der Waals surface area contributed by atoms with Gasteiger partial charge >= 0.3 is 5.97 Å². The van der Waals surface area contributed by atoms with E-state index in [0.717, 1.165) is 22.6 Å². The monoisotopic (exact) mass is 485 g/mol. The van der Waals surface area contributed by atoms with Crippen molar-refractivity contribution in [3.05, 3.63) is 75.7 Å². The molecule has 0 bridgehead atoms. The van der Waals surface area contributed by atoms with Gasteiger partial charge < -0.3 is 14.8 Å². The molecule has 2 heterocycles. The lowest BCUT2D eigenvalue weighted by Gasteiger charge is -2.15. The van der Waals surface area contributed by atoms with E-state index in [2.05, 4.69) is 11.4 Å². The summed E-state index contributed by atoms with van der Waals surface area (Å²) >= 11 is 1.04. The molecule has 0 aliphatic carbocycles. The maximum atomic E-state index is 13.6. The van der Waals surface area contributed by atoms with Crippen LogP contribution in [-0.2, 0) is 4.74 Å². The second-order valence-corrected chi connectivity index (χ2v) is 8.77. The Morgan fingerprint density at radius 3 is 2.46 bits per heavy atom. The van der Waals surface area contributed by atoms with Gasteiger partial charge in [0.1, 0.15) is 21.7 Å². The van der Waals surface area contributed by atoms with Gasteiger partial charge in [-0.1, -0.05) is 18.2 Å². The van der Waals surface area contributed by atoms with Gasteiger partial charge in [-0.25, -0.2) is 9.78 Å². The highest BCUT2D eigenvalue weighted by Crippen LogP contribution is 2.35. The molecule has 1 amide bonds. The number of aromatic nitrogens is 1. The number of anilines is 1. The molecule has 0 atom stereocenters. The van der Waals surface area contributed by atoms with Crippen LogP contribution in [0.3, 0.4) is 0 Å². The van der Waals surface area contributed by atoms with Gasteiger partial charge in [0.05, 0.1) is 36.1 Å². The normalized spacial score (nSPS) is 10.6.